The Hall–Kier alpha value is -2.21. The van der Waals surface area contributed by atoms with Gasteiger partial charge in [-0.05, 0) is 43.0 Å². The minimum absolute atomic E-state index is 0.235. The van der Waals surface area contributed by atoms with E-state index in [9.17, 15) is 14.3 Å². The van der Waals surface area contributed by atoms with Gasteiger partial charge in [0.05, 0.1) is 11.1 Å². The second-order valence-electron chi connectivity index (χ2n) is 6.87. The lowest BCUT2D eigenvalue weighted by Gasteiger charge is -2.23. The molecule has 1 N–H and O–H groups in total. The van der Waals surface area contributed by atoms with Crippen molar-refractivity contribution in [1.29, 1.82) is 0 Å². The average molecular weight is 330 g/mol. The van der Waals surface area contributed by atoms with Crippen LogP contribution < -0.4 is 0 Å². The van der Waals surface area contributed by atoms with E-state index >= 15 is 0 Å². The quantitative estimate of drug-likeness (QED) is 0.933. The van der Waals surface area contributed by atoms with Crippen LogP contribution in [-0.2, 0) is 11.3 Å². The molecule has 0 bridgehead atoms. The first kappa shape index (κ1) is 15.3. The summed E-state index contributed by atoms with van der Waals surface area (Å²) in [6, 6.07) is 6.00. The molecule has 1 aromatic heterocycles. The number of oxazole rings is 1. The molecule has 1 saturated heterocycles. The van der Waals surface area contributed by atoms with Crippen LogP contribution in [0.3, 0.4) is 0 Å². The van der Waals surface area contributed by atoms with Crippen LogP contribution in [0.1, 0.15) is 25.0 Å². The lowest BCUT2D eigenvalue weighted by atomic mass is 9.81. The topological polar surface area (TPSA) is 66.6 Å². The zero-order valence-electron chi connectivity index (χ0n) is 13.2. The Labute approximate surface area is 139 Å². The van der Waals surface area contributed by atoms with E-state index in [1.807, 2.05) is 0 Å². The standard InChI is InChI=1S/C18H19FN2O3/c19-14-5-3-12(4-6-14)16-20-15(10-24-16)9-21-8-13-2-1-7-18(13,11-21)17(22)23/h3-6,10,13H,1-2,7-9,11H2,(H,22,23)/t13-,18+/m0/s1. The molecule has 0 amide bonds. The molecule has 1 saturated carbocycles. The molecule has 5 nitrogen and oxygen atoms in total. The third-order valence-corrected chi connectivity index (χ3v) is 5.40. The fourth-order valence-electron chi connectivity index (χ4n) is 4.20. The summed E-state index contributed by atoms with van der Waals surface area (Å²) in [5, 5.41) is 9.64. The maximum Gasteiger partial charge on any atom is 0.311 e. The molecule has 0 unspecified atom stereocenters. The van der Waals surface area contributed by atoms with Crippen molar-refractivity contribution in [3.63, 3.8) is 0 Å². The van der Waals surface area contributed by atoms with Crippen molar-refractivity contribution in [1.82, 2.24) is 9.88 Å². The number of nitrogens with zero attached hydrogens (tertiary/aromatic N) is 2. The van der Waals surface area contributed by atoms with E-state index in [0.717, 1.165) is 37.1 Å². The maximum absolute atomic E-state index is 13.0. The molecule has 24 heavy (non-hydrogen) atoms. The van der Waals surface area contributed by atoms with Crippen LogP contribution >= 0.6 is 0 Å². The first-order valence-corrected chi connectivity index (χ1v) is 8.23. The van der Waals surface area contributed by atoms with Crippen LogP contribution in [0.5, 0.6) is 0 Å². The number of hydrogen-bond donors (Lipinski definition) is 1. The molecule has 1 aliphatic heterocycles. The van der Waals surface area contributed by atoms with Gasteiger partial charge in [-0.2, -0.15) is 0 Å². The molecule has 2 heterocycles. The van der Waals surface area contributed by atoms with Crippen LogP contribution in [-0.4, -0.2) is 34.0 Å². The molecule has 0 radical (unpaired) electrons. The summed E-state index contributed by atoms with van der Waals surface area (Å²) in [5.41, 5.74) is 0.918. The van der Waals surface area contributed by atoms with E-state index in [-0.39, 0.29) is 11.7 Å². The van der Waals surface area contributed by atoms with Gasteiger partial charge < -0.3 is 9.52 Å². The fourth-order valence-corrected chi connectivity index (χ4v) is 4.20. The molecule has 4 rings (SSSR count). The van der Waals surface area contributed by atoms with E-state index in [2.05, 4.69) is 9.88 Å². The Bertz CT molecular complexity index is 758. The number of carboxylic acid groups (broad SMARTS) is 1. The average Bonchev–Trinajstić information content (AvgIpc) is 3.22. The fraction of sp³-hybridized carbons (Fsp3) is 0.444. The van der Waals surface area contributed by atoms with Gasteiger partial charge in [0, 0.05) is 25.2 Å². The Morgan fingerprint density at radius 3 is 2.92 bits per heavy atom. The Morgan fingerprint density at radius 2 is 2.21 bits per heavy atom. The molecular weight excluding hydrogens is 311 g/mol. The number of fused-ring (bicyclic) bond motifs is 1. The molecule has 1 aliphatic carbocycles. The predicted molar refractivity (Wildman–Crippen MR) is 84.6 cm³/mol. The number of hydrogen-bond acceptors (Lipinski definition) is 4. The monoisotopic (exact) mass is 330 g/mol. The van der Waals surface area contributed by atoms with Crippen molar-refractivity contribution < 1.29 is 18.7 Å². The Balaban J connectivity index is 1.47. The SMILES string of the molecule is O=C(O)[C@@]12CCC[C@H]1CN(Cc1coc(-c3ccc(F)cc3)n1)C2. The van der Waals surface area contributed by atoms with Crippen molar-refractivity contribution in [2.24, 2.45) is 11.3 Å². The molecule has 0 spiro atoms. The minimum Gasteiger partial charge on any atom is -0.481 e. The second kappa shape index (κ2) is 5.70. The third kappa shape index (κ3) is 2.51. The molecule has 2 aliphatic rings. The summed E-state index contributed by atoms with van der Waals surface area (Å²) < 4.78 is 18.5. The highest BCUT2D eigenvalue weighted by molar-refractivity contribution is 5.76. The lowest BCUT2D eigenvalue weighted by molar-refractivity contribution is -0.149. The van der Waals surface area contributed by atoms with Gasteiger partial charge in [-0.1, -0.05) is 6.42 Å². The summed E-state index contributed by atoms with van der Waals surface area (Å²) >= 11 is 0. The molecule has 126 valence electrons. The number of carbonyl (C=O) groups is 1. The van der Waals surface area contributed by atoms with Gasteiger partial charge in [-0.3, -0.25) is 9.69 Å². The molecule has 6 heteroatoms. The number of benzene rings is 1. The summed E-state index contributed by atoms with van der Waals surface area (Å²) in [5.74, 6) is -0.274. The van der Waals surface area contributed by atoms with Crippen molar-refractivity contribution in [3.05, 3.63) is 42.0 Å². The van der Waals surface area contributed by atoms with Crippen LogP contribution in [0.15, 0.2) is 34.9 Å². The highest BCUT2D eigenvalue weighted by Crippen LogP contribution is 2.49. The van der Waals surface area contributed by atoms with Gasteiger partial charge in [0.2, 0.25) is 5.89 Å². The number of aliphatic carboxylic acids is 1. The zero-order chi connectivity index (χ0) is 16.7. The zero-order valence-corrected chi connectivity index (χ0v) is 13.2. The Morgan fingerprint density at radius 1 is 1.42 bits per heavy atom. The molecule has 2 fully saturated rings. The minimum atomic E-state index is -0.667. The van der Waals surface area contributed by atoms with Crippen molar-refractivity contribution in [3.8, 4) is 11.5 Å². The largest absolute Gasteiger partial charge is 0.481 e. The van der Waals surface area contributed by atoms with E-state index in [1.165, 1.54) is 12.1 Å². The number of aromatic nitrogens is 1. The smallest absolute Gasteiger partial charge is 0.311 e. The highest BCUT2D eigenvalue weighted by atomic mass is 19.1. The molecule has 1 aromatic carbocycles. The summed E-state index contributed by atoms with van der Waals surface area (Å²) in [6.45, 7) is 1.95. The highest BCUT2D eigenvalue weighted by Gasteiger charge is 2.54. The maximum atomic E-state index is 13.0. The lowest BCUT2D eigenvalue weighted by Crippen LogP contribution is -2.35. The van der Waals surface area contributed by atoms with Gasteiger partial charge >= 0.3 is 5.97 Å². The third-order valence-electron chi connectivity index (χ3n) is 5.40. The number of halogens is 1. The number of rotatable bonds is 4. The van der Waals surface area contributed by atoms with Crippen molar-refractivity contribution in [2.45, 2.75) is 25.8 Å². The summed E-state index contributed by atoms with van der Waals surface area (Å²) in [7, 11) is 0. The summed E-state index contributed by atoms with van der Waals surface area (Å²) in [4.78, 5) is 18.3. The number of carboxylic acids is 1. The molecule has 2 aromatic rings. The van der Waals surface area contributed by atoms with Crippen LogP contribution in [0.25, 0.3) is 11.5 Å². The van der Waals surface area contributed by atoms with Crippen LogP contribution in [0.4, 0.5) is 4.39 Å². The van der Waals surface area contributed by atoms with Crippen molar-refractivity contribution in [2.75, 3.05) is 13.1 Å². The number of likely N-dealkylation sites (tertiary alicyclic amines) is 1. The van der Waals surface area contributed by atoms with Crippen LogP contribution in [0.2, 0.25) is 0 Å². The van der Waals surface area contributed by atoms with Crippen LogP contribution in [0, 0.1) is 17.2 Å². The van der Waals surface area contributed by atoms with E-state index in [1.54, 1.807) is 18.4 Å². The van der Waals surface area contributed by atoms with Crippen molar-refractivity contribution >= 4 is 5.97 Å². The van der Waals surface area contributed by atoms with Gasteiger partial charge in [0.15, 0.2) is 0 Å². The predicted octanol–water partition coefficient (Wildman–Crippen LogP) is 3.17. The van der Waals surface area contributed by atoms with Gasteiger partial charge in [0.25, 0.3) is 0 Å². The molecular formula is C18H19FN2O3. The van der Waals surface area contributed by atoms with Gasteiger partial charge in [-0.25, -0.2) is 9.37 Å². The van der Waals surface area contributed by atoms with Gasteiger partial charge in [-0.15, -0.1) is 0 Å². The Kier molecular flexibility index (Phi) is 3.64. The van der Waals surface area contributed by atoms with Gasteiger partial charge in [0.1, 0.15) is 12.1 Å². The summed E-state index contributed by atoms with van der Waals surface area (Å²) in [6.07, 6.45) is 4.36. The molecule has 2 atom stereocenters. The van der Waals surface area contributed by atoms with E-state index in [0.29, 0.717) is 19.0 Å². The second-order valence-corrected chi connectivity index (χ2v) is 6.87. The van der Waals surface area contributed by atoms with E-state index < -0.39 is 11.4 Å². The van der Waals surface area contributed by atoms with E-state index in [4.69, 9.17) is 4.42 Å². The first-order chi connectivity index (χ1) is 11.6. The first-order valence-electron chi connectivity index (χ1n) is 8.23. The normalized spacial score (nSPS) is 26.6.